The Morgan fingerprint density at radius 1 is 1.12 bits per heavy atom. The van der Waals surface area contributed by atoms with E-state index in [-0.39, 0.29) is 11.4 Å². The van der Waals surface area contributed by atoms with Crippen molar-refractivity contribution in [1.82, 2.24) is 10.3 Å². The van der Waals surface area contributed by atoms with Gasteiger partial charge in [0.15, 0.2) is 0 Å². The number of rotatable bonds is 6. The number of nitrogens with one attached hydrogen (secondary N) is 2. The Balaban J connectivity index is 1.60. The lowest BCUT2D eigenvalue weighted by Crippen LogP contribution is -2.47. The number of hydrazine groups is 1. The van der Waals surface area contributed by atoms with Gasteiger partial charge in [0, 0.05) is 12.2 Å². The smallest absolute Gasteiger partial charge is 0.257 e. The molecule has 0 spiro atoms. The number of benzene rings is 2. The Labute approximate surface area is 154 Å². The lowest BCUT2D eigenvalue weighted by atomic mass is 10.0. The lowest BCUT2D eigenvalue weighted by Gasteiger charge is -2.30. The molecule has 2 aromatic carbocycles. The molecule has 0 aliphatic carbocycles. The van der Waals surface area contributed by atoms with E-state index in [1.165, 1.54) is 17.7 Å². The van der Waals surface area contributed by atoms with E-state index in [1.54, 1.807) is 12.1 Å². The minimum Gasteiger partial charge on any atom is -0.362 e. The summed E-state index contributed by atoms with van der Waals surface area (Å²) >= 11 is 0. The minimum absolute atomic E-state index is 0.105. The van der Waals surface area contributed by atoms with Crippen molar-refractivity contribution in [2.75, 3.05) is 18.0 Å². The molecule has 6 nitrogen and oxygen atoms in total. The maximum absolute atomic E-state index is 12.3. The number of anilines is 1. The van der Waals surface area contributed by atoms with Crippen LogP contribution >= 0.6 is 0 Å². The van der Waals surface area contributed by atoms with Crippen molar-refractivity contribution in [2.24, 2.45) is 0 Å². The number of amides is 1. The summed E-state index contributed by atoms with van der Waals surface area (Å²) < 4.78 is 24.6. The topological polar surface area (TPSA) is 78.5 Å². The molecule has 0 bridgehead atoms. The molecule has 0 saturated heterocycles. The first kappa shape index (κ1) is 18.4. The number of sulfonamides is 1. The largest absolute Gasteiger partial charge is 0.362 e. The molecule has 0 fully saturated rings. The van der Waals surface area contributed by atoms with Gasteiger partial charge in [-0.05, 0) is 48.6 Å². The summed E-state index contributed by atoms with van der Waals surface area (Å²) in [6.45, 7) is 2.88. The number of nitrogens with zero attached hydrogens (tertiary/aromatic N) is 1. The fourth-order valence-electron chi connectivity index (χ4n) is 3.08. The Morgan fingerprint density at radius 2 is 1.85 bits per heavy atom. The van der Waals surface area contributed by atoms with Gasteiger partial charge in [0.1, 0.15) is 0 Å². The number of hydrogen-bond donors (Lipinski definition) is 2. The molecule has 7 heteroatoms. The van der Waals surface area contributed by atoms with Gasteiger partial charge in [-0.1, -0.05) is 37.3 Å². The van der Waals surface area contributed by atoms with Crippen LogP contribution in [0.5, 0.6) is 0 Å². The van der Waals surface area contributed by atoms with Crippen LogP contribution in [0.15, 0.2) is 53.4 Å². The van der Waals surface area contributed by atoms with Gasteiger partial charge in [-0.3, -0.25) is 10.2 Å². The Bertz CT molecular complexity index is 879. The van der Waals surface area contributed by atoms with Crippen molar-refractivity contribution in [3.8, 4) is 0 Å². The standard InChI is InChI=1S/C19H23N3O3S/c1-2-15-9-11-17(12-10-15)26(24,25)21-20-19(23)14-22-13-5-7-16-6-3-4-8-18(16)22/h3-4,6,8-12,21H,2,5,7,13-14H2,1H3,(H,20,23). The number of fused-ring (bicyclic) bond motifs is 1. The van der Waals surface area contributed by atoms with Gasteiger partial charge < -0.3 is 4.90 Å². The molecule has 0 atom stereocenters. The predicted octanol–water partition coefficient (Wildman–Crippen LogP) is 2.01. The van der Waals surface area contributed by atoms with Crippen molar-refractivity contribution in [3.63, 3.8) is 0 Å². The lowest BCUT2D eigenvalue weighted by molar-refractivity contribution is -0.120. The molecule has 0 radical (unpaired) electrons. The predicted molar refractivity (Wildman–Crippen MR) is 101 cm³/mol. The molecule has 0 aromatic heterocycles. The first-order valence-electron chi connectivity index (χ1n) is 8.72. The molecule has 3 rings (SSSR count). The van der Waals surface area contributed by atoms with Crippen LogP contribution in [0.25, 0.3) is 0 Å². The average molecular weight is 373 g/mol. The summed E-state index contributed by atoms with van der Waals surface area (Å²) in [5.74, 6) is -0.393. The van der Waals surface area contributed by atoms with Crippen LogP contribution in [-0.4, -0.2) is 27.4 Å². The number of carbonyl (C=O) groups is 1. The molecule has 0 unspecified atom stereocenters. The highest BCUT2D eigenvalue weighted by Gasteiger charge is 2.20. The molecule has 2 aromatic rings. The molecule has 1 aliphatic heterocycles. The third-order valence-electron chi connectivity index (χ3n) is 4.51. The zero-order valence-electron chi connectivity index (χ0n) is 14.7. The molecule has 26 heavy (non-hydrogen) atoms. The van der Waals surface area contributed by atoms with E-state index in [1.807, 2.05) is 30.0 Å². The van der Waals surface area contributed by atoms with Crippen molar-refractivity contribution in [3.05, 3.63) is 59.7 Å². The van der Waals surface area contributed by atoms with Crippen LogP contribution in [0, 0.1) is 0 Å². The van der Waals surface area contributed by atoms with Crippen molar-refractivity contribution < 1.29 is 13.2 Å². The summed E-state index contributed by atoms with van der Waals surface area (Å²) in [6, 6.07) is 14.6. The Hall–Kier alpha value is -2.38. The third kappa shape index (κ3) is 4.23. The quantitative estimate of drug-likeness (QED) is 0.760. The first-order valence-corrected chi connectivity index (χ1v) is 10.2. The molecular weight excluding hydrogens is 350 g/mol. The number of hydrogen-bond acceptors (Lipinski definition) is 4. The summed E-state index contributed by atoms with van der Waals surface area (Å²) in [5, 5.41) is 0. The van der Waals surface area contributed by atoms with E-state index in [0.717, 1.165) is 37.1 Å². The molecule has 1 aliphatic rings. The van der Waals surface area contributed by atoms with Crippen LogP contribution < -0.4 is 15.2 Å². The summed E-state index contributed by atoms with van der Waals surface area (Å²) in [5.41, 5.74) is 5.61. The summed E-state index contributed by atoms with van der Waals surface area (Å²) in [7, 11) is -3.78. The molecule has 1 heterocycles. The van der Waals surface area contributed by atoms with E-state index in [2.05, 4.69) is 16.3 Å². The van der Waals surface area contributed by atoms with E-state index < -0.39 is 15.9 Å². The van der Waals surface area contributed by atoms with E-state index in [0.29, 0.717) is 0 Å². The fourth-order valence-corrected chi connectivity index (χ4v) is 3.94. The number of carbonyl (C=O) groups excluding carboxylic acids is 1. The van der Waals surface area contributed by atoms with Crippen LogP contribution in [0.4, 0.5) is 5.69 Å². The van der Waals surface area contributed by atoms with Gasteiger partial charge in [0.25, 0.3) is 15.9 Å². The zero-order valence-corrected chi connectivity index (χ0v) is 15.6. The first-order chi connectivity index (χ1) is 12.5. The molecule has 1 amide bonds. The van der Waals surface area contributed by atoms with Gasteiger partial charge in [-0.25, -0.2) is 8.42 Å². The highest BCUT2D eigenvalue weighted by atomic mass is 32.2. The molecule has 0 saturated carbocycles. The minimum atomic E-state index is -3.78. The second-order valence-corrected chi connectivity index (χ2v) is 7.99. The van der Waals surface area contributed by atoms with Crippen molar-refractivity contribution in [2.45, 2.75) is 31.1 Å². The Morgan fingerprint density at radius 3 is 2.58 bits per heavy atom. The van der Waals surface area contributed by atoms with Gasteiger partial charge in [0.05, 0.1) is 11.4 Å². The van der Waals surface area contributed by atoms with Crippen LogP contribution in [0.2, 0.25) is 0 Å². The van der Waals surface area contributed by atoms with Gasteiger partial charge >= 0.3 is 0 Å². The second kappa shape index (κ2) is 7.88. The monoisotopic (exact) mass is 373 g/mol. The SMILES string of the molecule is CCc1ccc(S(=O)(=O)NNC(=O)CN2CCCc3ccccc32)cc1. The maximum atomic E-state index is 12.3. The molecule has 138 valence electrons. The number of aryl methyl sites for hydroxylation is 2. The van der Waals surface area contributed by atoms with Gasteiger partial charge in [-0.15, -0.1) is 4.83 Å². The van der Waals surface area contributed by atoms with Crippen molar-refractivity contribution >= 4 is 21.6 Å². The van der Waals surface area contributed by atoms with Gasteiger partial charge in [-0.2, -0.15) is 0 Å². The van der Waals surface area contributed by atoms with E-state index in [4.69, 9.17) is 0 Å². The normalized spacial score (nSPS) is 14.0. The molecule has 2 N–H and O–H groups in total. The third-order valence-corrected chi connectivity index (χ3v) is 5.77. The highest BCUT2D eigenvalue weighted by molar-refractivity contribution is 7.89. The second-order valence-electron chi connectivity index (χ2n) is 6.31. The van der Waals surface area contributed by atoms with Crippen molar-refractivity contribution in [1.29, 1.82) is 0 Å². The zero-order chi connectivity index (χ0) is 18.6. The number of para-hydroxylation sites is 1. The van der Waals surface area contributed by atoms with E-state index in [9.17, 15) is 13.2 Å². The van der Waals surface area contributed by atoms with Crippen LogP contribution in [0.1, 0.15) is 24.5 Å². The van der Waals surface area contributed by atoms with Crippen LogP contribution in [-0.2, 0) is 27.7 Å². The average Bonchev–Trinajstić information content (AvgIpc) is 2.67. The fraction of sp³-hybridized carbons (Fsp3) is 0.316. The highest BCUT2D eigenvalue weighted by Crippen LogP contribution is 2.26. The summed E-state index contributed by atoms with van der Waals surface area (Å²) in [4.78, 5) is 16.5. The van der Waals surface area contributed by atoms with Crippen LogP contribution in [0.3, 0.4) is 0 Å². The molecular formula is C19H23N3O3S. The summed E-state index contributed by atoms with van der Waals surface area (Å²) in [6.07, 6.45) is 2.80. The Kier molecular flexibility index (Phi) is 5.58. The van der Waals surface area contributed by atoms with Gasteiger partial charge in [0.2, 0.25) is 0 Å². The maximum Gasteiger partial charge on any atom is 0.257 e. The van der Waals surface area contributed by atoms with E-state index >= 15 is 0 Å².